The van der Waals surface area contributed by atoms with E-state index in [0.717, 1.165) is 0 Å². The van der Waals surface area contributed by atoms with E-state index < -0.39 is 22.1 Å². The number of carbonyl (C=O) groups excluding carboxylic acids is 1. The van der Waals surface area contributed by atoms with Gasteiger partial charge < -0.3 is 9.92 Å². The molecule has 0 spiro atoms. The first-order valence-electron chi connectivity index (χ1n) is 4.55. The molecule has 0 heterocycles. The summed E-state index contributed by atoms with van der Waals surface area (Å²) in [6.45, 7) is 5.04. The van der Waals surface area contributed by atoms with Crippen LogP contribution < -0.4 is 5.73 Å². The second-order valence-corrected chi connectivity index (χ2v) is 5.02. The van der Waals surface area contributed by atoms with E-state index in [-0.39, 0.29) is 11.7 Å². The average molecular weight is 223 g/mol. The molecule has 0 radical (unpaired) electrons. The summed E-state index contributed by atoms with van der Waals surface area (Å²) in [5, 5.41) is 0. The topological polar surface area (TPSA) is 86.5 Å². The number of hydrogen-bond acceptors (Lipinski definition) is 5. The van der Waals surface area contributed by atoms with Crippen molar-refractivity contribution < 1.29 is 17.4 Å². The minimum Gasteiger partial charge on any atom is -0.344 e. The third-order valence-electron chi connectivity index (χ3n) is 2.09. The van der Waals surface area contributed by atoms with Gasteiger partial charge in [0.1, 0.15) is 6.04 Å². The van der Waals surface area contributed by atoms with Crippen LogP contribution in [0, 0.1) is 5.92 Å². The van der Waals surface area contributed by atoms with Crippen LogP contribution in [0.4, 0.5) is 0 Å². The minimum absolute atomic E-state index is 0.0884. The van der Waals surface area contributed by atoms with E-state index in [2.05, 4.69) is 4.18 Å². The van der Waals surface area contributed by atoms with Crippen LogP contribution in [0.3, 0.4) is 0 Å². The van der Waals surface area contributed by atoms with Crippen LogP contribution in [0.2, 0.25) is 0 Å². The van der Waals surface area contributed by atoms with Gasteiger partial charge in [0, 0.05) is 0 Å². The number of carbonyl (C=O) groups is 1. The lowest BCUT2D eigenvalue weighted by Gasteiger charge is -2.15. The van der Waals surface area contributed by atoms with Crippen molar-refractivity contribution in [3.05, 3.63) is 0 Å². The highest BCUT2D eigenvalue weighted by molar-refractivity contribution is 7.87. The van der Waals surface area contributed by atoms with Crippen molar-refractivity contribution in [2.24, 2.45) is 11.7 Å². The Labute approximate surface area is 84.7 Å². The molecular weight excluding hydrogens is 206 g/mol. The SMILES string of the molecule is CC[C@H](C)[C@H](N)C(=O)OS(=O)(=O)CC. The molecule has 0 aliphatic rings. The first kappa shape index (κ1) is 13.4. The maximum Gasteiger partial charge on any atom is 0.339 e. The van der Waals surface area contributed by atoms with Gasteiger partial charge in [-0.05, 0) is 12.8 Å². The summed E-state index contributed by atoms with van der Waals surface area (Å²) < 4.78 is 26.1. The zero-order valence-corrected chi connectivity index (χ0v) is 9.50. The fraction of sp³-hybridized carbons (Fsp3) is 0.875. The van der Waals surface area contributed by atoms with Gasteiger partial charge in [-0.3, -0.25) is 0 Å². The van der Waals surface area contributed by atoms with E-state index in [1.807, 2.05) is 6.92 Å². The maximum absolute atomic E-state index is 11.2. The molecule has 6 heteroatoms. The van der Waals surface area contributed by atoms with Crippen molar-refractivity contribution >= 4 is 16.1 Å². The van der Waals surface area contributed by atoms with Crippen molar-refractivity contribution in [1.29, 1.82) is 0 Å². The van der Waals surface area contributed by atoms with Crippen molar-refractivity contribution in [1.82, 2.24) is 0 Å². The van der Waals surface area contributed by atoms with E-state index in [4.69, 9.17) is 5.73 Å². The lowest BCUT2D eigenvalue weighted by molar-refractivity contribution is -0.136. The summed E-state index contributed by atoms with van der Waals surface area (Å²) in [6.07, 6.45) is 0.697. The Balaban J connectivity index is 4.36. The molecule has 0 aromatic carbocycles. The molecule has 0 fully saturated rings. The fourth-order valence-electron chi connectivity index (χ4n) is 0.726. The molecule has 0 aromatic rings. The summed E-state index contributed by atoms with van der Waals surface area (Å²) in [5.41, 5.74) is 5.49. The van der Waals surface area contributed by atoms with Gasteiger partial charge in [-0.25, -0.2) is 4.79 Å². The van der Waals surface area contributed by atoms with E-state index in [1.165, 1.54) is 6.92 Å². The zero-order valence-electron chi connectivity index (χ0n) is 8.69. The van der Waals surface area contributed by atoms with E-state index in [1.54, 1.807) is 6.92 Å². The summed E-state index contributed by atoms with van der Waals surface area (Å²) in [5.74, 6) is -1.19. The Morgan fingerprint density at radius 2 is 1.93 bits per heavy atom. The molecule has 0 amide bonds. The van der Waals surface area contributed by atoms with Crippen molar-refractivity contribution in [3.8, 4) is 0 Å². The quantitative estimate of drug-likeness (QED) is 0.675. The molecule has 0 aromatic heterocycles. The molecular formula is C8H17NO4S. The second-order valence-electron chi connectivity index (χ2n) is 3.16. The van der Waals surface area contributed by atoms with Gasteiger partial charge in [0.05, 0.1) is 5.75 Å². The Hall–Kier alpha value is -0.620. The summed E-state index contributed by atoms with van der Waals surface area (Å²) in [6, 6.07) is -0.874. The highest BCUT2D eigenvalue weighted by atomic mass is 32.2. The molecule has 0 bridgehead atoms. The van der Waals surface area contributed by atoms with Crippen molar-refractivity contribution in [3.63, 3.8) is 0 Å². The Kier molecular flexibility index (Phi) is 5.07. The summed E-state index contributed by atoms with van der Waals surface area (Å²) >= 11 is 0. The van der Waals surface area contributed by atoms with Gasteiger partial charge in [0.2, 0.25) is 0 Å². The largest absolute Gasteiger partial charge is 0.344 e. The van der Waals surface area contributed by atoms with Crippen LogP contribution in [0.25, 0.3) is 0 Å². The van der Waals surface area contributed by atoms with Crippen LogP contribution >= 0.6 is 0 Å². The van der Waals surface area contributed by atoms with Crippen molar-refractivity contribution in [2.45, 2.75) is 33.2 Å². The molecule has 0 aliphatic heterocycles. The van der Waals surface area contributed by atoms with Crippen LogP contribution in [0.1, 0.15) is 27.2 Å². The maximum atomic E-state index is 11.2. The van der Waals surface area contributed by atoms with Crippen LogP contribution in [-0.4, -0.2) is 26.2 Å². The molecule has 0 saturated carbocycles. The molecule has 2 atom stereocenters. The summed E-state index contributed by atoms with van der Waals surface area (Å²) in [4.78, 5) is 11.2. The van der Waals surface area contributed by atoms with Gasteiger partial charge in [0.15, 0.2) is 0 Å². The lowest BCUT2D eigenvalue weighted by Crippen LogP contribution is -2.39. The van der Waals surface area contributed by atoms with Gasteiger partial charge in [-0.15, -0.1) is 0 Å². The third kappa shape index (κ3) is 4.06. The Morgan fingerprint density at radius 3 is 2.29 bits per heavy atom. The first-order chi connectivity index (χ1) is 6.34. The normalized spacial score (nSPS) is 16.0. The smallest absolute Gasteiger partial charge is 0.339 e. The predicted molar refractivity (Wildman–Crippen MR) is 53.0 cm³/mol. The number of nitrogens with two attached hydrogens (primary N) is 1. The Bertz CT molecular complexity index is 286. The van der Waals surface area contributed by atoms with Crippen LogP contribution in [-0.2, 0) is 19.1 Å². The van der Waals surface area contributed by atoms with E-state index >= 15 is 0 Å². The molecule has 0 rings (SSSR count). The van der Waals surface area contributed by atoms with Gasteiger partial charge >= 0.3 is 16.1 Å². The van der Waals surface area contributed by atoms with Crippen molar-refractivity contribution in [2.75, 3.05) is 5.75 Å². The second kappa shape index (κ2) is 5.31. The first-order valence-corrected chi connectivity index (χ1v) is 6.13. The fourth-order valence-corrected chi connectivity index (χ4v) is 1.21. The predicted octanol–water partition coefficient (Wildman–Crippen LogP) is 0.253. The average Bonchev–Trinajstić information content (AvgIpc) is 2.14. The molecule has 2 N–H and O–H groups in total. The molecule has 84 valence electrons. The molecule has 0 saturated heterocycles. The molecule has 0 unspecified atom stereocenters. The van der Waals surface area contributed by atoms with Crippen LogP contribution in [0.5, 0.6) is 0 Å². The summed E-state index contributed by atoms with van der Waals surface area (Å²) in [7, 11) is -3.74. The third-order valence-corrected chi connectivity index (χ3v) is 3.22. The standard InChI is InChI=1S/C8H17NO4S/c1-4-6(3)7(9)8(10)13-14(11,12)5-2/h6-7H,4-5,9H2,1-3H3/t6-,7-/m0/s1. The lowest BCUT2D eigenvalue weighted by atomic mass is 10.0. The van der Waals surface area contributed by atoms with Gasteiger partial charge in [0.25, 0.3) is 0 Å². The Morgan fingerprint density at radius 1 is 1.43 bits per heavy atom. The number of rotatable bonds is 5. The highest BCUT2D eigenvalue weighted by Gasteiger charge is 2.25. The molecule has 14 heavy (non-hydrogen) atoms. The van der Waals surface area contributed by atoms with Gasteiger partial charge in [-0.2, -0.15) is 8.42 Å². The minimum atomic E-state index is -3.74. The van der Waals surface area contributed by atoms with Crippen LogP contribution in [0.15, 0.2) is 0 Å². The molecule has 0 aliphatic carbocycles. The zero-order chi connectivity index (χ0) is 11.4. The highest BCUT2D eigenvalue weighted by Crippen LogP contribution is 2.08. The molecule has 5 nitrogen and oxygen atoms in total. The monoisotopic (exact) mass is 223 g/mol. The van der Waals surface area contributed by atoms with Gasteiger partial charge in [-0.1, -0.05) is 20.3 Å². The van der Waals surface area contributed by atoms with E-state index in [9.17, 15) is 13.2 Å². The van der Waals surface area contributed by atoms with E-state index in [0.29, 0.717) is 6.42 Å². The number of hydrogen-bond donors (Lipinski definition) is 1.